The topological polar surface area (TPSA) is 61.0 Å². The Bertz CT molecular complexity index is 1030. The van der Waals surface area contributed by atoms with Gasteiger partial charge in [0.2, 0.25) is 5.91 Å². The zero-order valence-electron chi connectivity index (χ0n) is 19.1. The molecule has 1 aromatic carbocycles. The van der Waals surface area contributed by atoms with Gasteiger partial charge in [0.05, 0.1) is 11.7 Å². The standard InChI is InChI=1S/C26H34N4O/c1-18-20-9-5-6-10-21(20)28-23(18)17-30-15-12-19(13-16-30)24(22-11-7-8-14-27-22)29-25(31)26(2,3)4/h5-11,14,19,24,28H,12-13,15-17H2,1-4H3,(H,29,31). The monoisotopic (exact) mass is 418 g/mol. The van der Waals surface area contributed by atoms with Crippen molar-refractivity contribution in [1.82, 2.24) is 20.2 Å². The molecular formula is C26H34N4O. The third-order valence-electron chi connectivity index (χ3n) is 6.53. The molecule has 0 saturated carbocycles. The zero-order valence-corrected chi connectivity index (χ0v) is 19.1. The molecule has 5 heteroatoms. The number of pyridine rings is 1. The summed E-state index contributed by atoms with van der Waals surface area (Å²) in [6.07, 6.45) is 3.91. The van der Waals surface area contributed by atoms with Gasteiger partial charge in [-0.25, -0.2) is 0 Å². The van der Waals surface area contributed by atoms with Crippen molar-refractivity contribution in [1.29, 1.82) is 0 Å². The van der Waals surface area contributed by atoms with Crippen LogP contribution in [0.15, 0.2) is 48.7 Å². The Morgan fingerprint density at radius 1 is 1.16 bits per heavy atom. The van der Waals surface area contributed by atoms with Crippen LogP contribution in [-0.4, -0.2) is 33.9 Å². The third kappa shape index (κ3) is 4.82. The highest BCUT2D eigenvalue weighted by molar-refractivity contribution is 5.84. The number of benzene rings is 1. The number of nitrogens with zero attached hydrogens (tertiary/aromatic N) is 2. The number of H-pyrrole nitrogens is 1. The molecule has 1 aliphatic rings. The van der Waals surface area contributed by atoms with Crippen LogP contribution < -0.4 is 5.32 Å². The minimum absolute atomic E-state index is 0.0371. The highest BCUT2D eigenvalue weighted by atomic mass is 16.2. The molecule has 2 N–H and O–H groups in total. The molecule has 4 rings (SSSR count). The van der Waals surface area contributed by atoms with Crippen LogP contribution in [0.1, 0.15) is 56.6 Å². The van der Waals surface area contributed by atoms with Gasteiger partial charge in [-0.05, 0) is 62.5 Å². The van der Waals surface area contributed by atoms with Crippen LogP contribution in [0.3, 0.4) is 0 Å². The van der Waals surface area contributed by atoms with Gasteiger partial charge in [0.15, 0.2) is 0 Å². The molecule has 1 fully saturated rings. The summed E-state index contributed by atoms with van der Waals surface area (Å²) < 4.78 is 0. The van der Waals surface area contributed by atoms with E-state index in [2.05, 4.69) is 51.4 Å². The fourth-order valence-electron chi connectivity index (χ4n) is 4.52. The zero-order chi connectivity index (χ0) is 22.0. The molecule has 0 aliphatic carbocycles. The smallest absolute Gasteiger partial charge is 0.225 e. The van der Waals surface area contributed by atoms with E-state index < -0.39 is 5.41 Å². The fourth-order valence-corrected chi connectivity index (χ4v) is 4.52. The highest BCUT2D eigenvalue weighted by Crippen LogP contribution is 2.32. The Morgan fingerprint density at radius 2 is 1.87 bits per heavy atom. The lowest BCUT2D eigenvalue weighted by atomic mass is 9.85. The first kappa shape index (κ1) is 21.6. The minimum Gasteiger partial charge on any atom is -0.357 e. The lowest BCUT2D eigenvalue weighted by molar-refractivity contribution is -0.129. The lowest BCUT2D eigenvalue weighted by Gasteiger charge is -2.37. The molecule has 1 saturated heterocycles. The van der Waals surface area contributed by atoms with Gasteiger partial charge in [-0.3, -0.25) is 14.7 Å². The summed E-state index contributed by atoms with van der Waals surface area (Å²) in [5.41, 5.74) is 4.42. The summed E-state index contributed by atoms with van der Waals surface area (Å²) >= 11 is 0. The number of aromatic nitrogens is 2. The Hall–Kier alpha value is -2.66. The van der Waals surface area contributed by atoms with E-state index in [1.54, 1.807) is 0 Å². The van der Waals surface area contributed by atoms with Gasteiger partial charge in [-0.15, -0.1) is 0 Å². The first-order valence-corrected chi connectivity index (χ1v) is 11.3. The number of para-hydroxylation sites is 1. The lowest BCUT2D eigenvalue weighted by Crippen LogP contribution is -2.44. The molecule has 1 aliphatic heterocycles. The van der Waals surface area contributed by atoms with Crippen LogP contribution in [0.2, 0.25) is 0 Å². The van der Waals surface area contributed by atoms with Gasteiger partial charge < -0.3 is 10.3 Å². The van der Waals surface area contributed by atoms with Gasteiger partial charge >= 0.3 is 0 Å². The van der Waals surface area contributed by atoms with Gasteiger partial charge in [-0.1, -0.05) is 45.0 Å². The predicted octanol–water partition coefficient (Wildman–Crippen LogP) is 4.99. The molecule has 31 heavy (non-hydrogen) atoms. The van der Waals surface area contributed by atoms with Crippen molar-refractivity contribution in [2.75, 3.05) is 13.1 Å². The van der Waals surface area contributed by atoms with Gasteiger partial charge in [0, 0.05) is 34.8 Å². The Morgan fingerprint density at radius 3 is 2.52 bits per heavy atom. The summed E-state index contributed by atoms with van der Waals surface area (Å²) in [5.74, 6) is 0.473. The average Bonchev–Trinajstić information content (AvgIpc) is 3.08. The first-order valence-electron chi connectivity index (χ1n) is 11.3. The van der Waals surface area contributed by atoms with Crippen LogP contribution in [0.5, 0.6) is 0 Å². The molecule has 2 aromatic heterocycles. The van der Waals surface area contributed by atoms with E-state index in [1.165, 1.54) is 22.2 Å². The molecule has 0 spiro atoms. The van der Waals surface area contributed by atoms with Crippen molar-refractivity contribution in [3.63, 3.8) is 0 Å². The number of nitrogens with one attached hydrogen (secondary N) is 2. The molecule has 3 heterocycles. The van der Waals surface area contributed by atoms with Gasteiger partial charge in [0.25, 0.3) is 0 Å². The summed E-state index contributed by atoms with van der Waals surface area (Å²) in [5, 5.41) is 4.62. The minimum atomic E-state index is -0.416. The average molecular weight is 419 g/mol. The molecule has 0 radical (unpaired) electrons. The number of hydrogen-bond donors (Lipinski definition) is 2. The number of carbonyl (C=O) groups is 1. The number of aryl methyl sites for hydroxylation is 1. The summed E-state index contributed by atoms with van der Waals surface area (Å²) in [7, 11) is 0. The van der Waals surface area contributed by atoms with Crippen molar-refractivity contribution in [2.24, 2.45) is 11.3 Å². The van der Waals surface area contributed by atoms with E-state index in [1.807, 2.05) is 45.2 Å². The van der Waals surface area contributed by atoms with Crippen LogP contribution >= 0.6 is 0 Å². The SMILES string of the molecule is Cc1c(CN2CCC(C(NC(=O)C(C)(C)C)c3ccccn3)CC2)[nH]c2ccccc12. The van der Waals surface area contributed by atoms with Gasteiger partial charge in [0.1, 0.15) is 0 Å². The van der Waals surface area contributed by atoms with Crippen molar-refractivity contribution in [2.45, 2.75) is 53.1 Å². The largest absolute Gasteiger partial charge is 0.357 e. The first-order chi connectivity index (χ1) is 14.8. The van der Waals surface area contributed by atoms with E-state index >= 15 is 0 Å². The number of rotatable bonds is 5. The second-order valence-corrected chi connectivity index (χ2v) is 9.84. The van der Waals surface area contributed by atoms with E-state index in [9.17, 15) is 4.79 Å². The van der Waals surface area contributed by atoms with E-state index in [0.29, 0.717) is 5.92 Å². The fraction of sp³-hybridized carbons (Fsp3) is 0.462. The van der Waals surface area contributed by atoms with Crippen LogP contribution in [0.4, 0.5) is 0 Å². The van der Waals surface area contributed by atoms with E-state index in [-0.39, 0.29) is 11.9 Å². The van der Waals surface area contributed by atoms with Crippen molar-refractivity contribution >= 4 is 16.8 Å². The second-order valence-electron chi connectivity index (χ2n) is 9.84. The number of aromatic amines is 1. The Labute approximate surface area is 185 Å². The highest BCUT2D eigenvalue weighted by Gasteiger charge is 2.32. The van der Waals surface area contributed by atoms with Crippen LogP contribution in [0, 0.1) is 18.3 Å². The Kier molecular flexibility index (Phi) is 6.15. The maximum atomic E-state index is 12.8. The summed E-state index contributed by atoms with van der Waals surface area (Å²) in [6, 6.07) is 14.4. The summed E-state index contributed by atoms with van der Waals surface area (Å²) in [6.45, 7) is 11.1. The number of fused-ring (bicyclic) bond motifs is 1. The van der Waals surface area contributed by atoms with Crippen LogP contribution in [-0.2, 0) is 11.3 Å². The van der Waals surface area contributed by atoms with E-state index in [4.69, 9.17) is 0 Å². The summed E-state index contributed by atoms with van der Waals surface area (Å²) in [4.78, 5) is 23.5. The number of amides is 1. The quantitative estimate of drug-likeness (QED) is 0.614. The molecular weight excluding hydrogens is 384 g/mol. The van der Waals surface area contributed by atoms with Crippen LogP contribution in [0.25, 0.3) is 10.9 Å². The maximum Gasteiger partial charge on any atom is 0.225 e. The maximum absolute atomic E-state index is 12.8. The number of carbonyl (C=O) groups excluding carboxylic acids is 1. The number of piperidine rings is 1. The molecule has 0 bridgehead atoms. The molecule has 1 amide bonds. The predicted molar refractivity (Wildman–Crippen MR) is 126 cm³/mol. The van der Waals surface area contributed by atoms with Gasteiger partial charge in [-0.2, -0.15) is 0 Å². The molecule has 164 valence electrons. The normalized spacial score (nSPS) is 17.0. The Balaban J connectivity index is 1.44. The number of likely N-dealkylation sites (tertiary alicyclic amines) is 1. The van der Waals surface area contributed by atoms with Crippen molar-refractivity contribution in [3.8, 4) is 0 Å². The molecule has 1 unspecified atom stereocenters. The third-order valence-corrected chi connectivity index (χ3v) is 6.53. The second kappa shape index (κ2) is 8.83. The molecule has 5 nitrogen and oxygen atoms in total. The molecule has 1 atom stereocenters. The van der Waals surface area contributed by atoms with Crippen molar-refractivity contribution in [3.05, 3.63) is 65.6 Å². The van der Waals surface area contributed by atoms with Crippen molar-refractivity contribution < 1.29 is 4.79 Å². The number of hydrogen-bond acceptors (Lipinski definition) is 3. The molecule has 3 aromatic rings. The van der Waals surface area contributed by atoms with E-state index in [0.717, 1.165) is 38.2 Å².